The molecule has 124 valence electrons. The highest BCUT2D eigenvalue weighted by molar-refractivity contribution is 6.31. The highest BCUT2D eigenvalue weighted by Gasteiger charge is 2.12. The first-order chi connectivity index (χ1) is 12.0. The van der Waals surface area contributed by atoms with E-state index in [1.54, 1.807) is 42.5 Å². The van der Waals surface area contributed by atoms with Gasteiger partial charge >= 0.3 is 0 Å². The number of aryl methyl sites for hydroxylation is 1. The van der Waals surface area contributed by atoms with Crippen LogP contribution in [0.25, 0.3) is 6.08 Å². The lowest BCUT2D eigenvalue weighted by Crippen LogP contribution is -2.14. The summed E-state index contributed by atoms with van der Waals surface area (Å²) in [5, 5.41) is 21.1. The molecule has 2 rings (SSSR count). The highest BCUT2D eigenvalue weighted by atomic mass is 35.5. The molecule has 0 spiro atoms. The summed E-state index contributed by atoms with van der Waals surface area (Å²) in [6.07, 6.45) is 1.42. The average Bonchev–Trinajstić information content (AvgIpc) is 2.61. The second-order valence-electron chi connectivity index (χ2n) is 5.07. The third-order valence-corrected chi connectivity index (χ3v) is 3.56. The van der Waals surface area contributed by atoms with Gasteiger partial charge in [-0.2, -0.15) is 10.5 Å². The van der Waals surface area contributed by atoms with Crippen LogP contribution in [-0.2, 0) is 4.79 Å². The van der Waals surface area contributed by atoms with E-state index in [9.17, 15) is 10.1 Å². The van der Waals surface area contributed by atoms with Gasteiger partial charge in [0.25, 0.3) is 5.91 Å². The predicted octanol–water partition coefficient (Wildman–Crippen LogP) is 4.10. The number of ether oxygens (including phenoxy) is 1. The Kier molecular flexibility index (Phi) is 6.17. The summed E-state index contributed by atoms with van der Waals surface area (Å²) in [7, 11) is 0. The Labute approximate surface area is 150 Å². The minimum Gasteiger partial charge on any atom is -0.478 e. The van der Waals surface area contributed by atoms with Crippen LogP contribution < -0.4 is 10.1 Å². The van der Waals surface area contributed by atoms with E-state index in [-0.39, 0.29) is 12.2 Å². The Hall–Kier alpha value is -3.28. The van der Waals surface area contributed by atoms with Gasteiger partial charge in [-0.15, -0.1) is 0 Å². The van der Waals surface area contributed by atoms with Crippen LogP contribution in [0.4, 0.5) is 5.69 Å². The number of carbonyl (C=O) groups is 1. The first kappa shape index (κ1) is 18.1. The minimum absolute atomic E-state index is 0.0904. The quantitative estimate of drug-likeness (QED) is 0.649. The molecular formula is C19H14ClN3O2. The number of hydrogen-bond donors (Lipinski definition) is 1. The average molecular weight is 352 g/mol. The zero-order chi connectivity index (χ0) is 18.2. The lowest BCUT2D eigenvalue weighted by Gasteiger charge is -2.09. The molecule has 0 radical (unpaired) electrons. The molecule has 0 atom stereocenters. The van der Waals surface area contributed by atoms with E-state index in [2.05, 4.69) is 5.32 Å². The van der Waals surface area contributed by atoms with Gasteiger partial charge in [0.1, 0.15) is 23.5 Å². The van der Waals surface area contributed by atoms with Crippen LogP contribution in [0, 0.1) is 29.6 Å². The Balaban J connectivity index is 2.29. The summed E-state index contributed by atoms with van der Waals surface area (Å²) >= 11 is 5.94. The van der Waals surface area contributed by atoms with Gasteiger partial charge in [-0.1, -0.05) is 35.9 Å². The van der Waals surface area contributed by atoms with Crippen molar-refractivity contribution in [3.8, 4) is 17.9 Å². The first-order valence-corrected chi connectivity index (χ1v) is 7.71. The molecule has 0 saturated carbocycles. The second-order valence-corrected chi connectivity index (χ2v) is 5.50. The number of hydrogen-bond acceptors (Lipinski definition) is 4. The van der Waals surface area contributed by atoms with Crippen LogP contribution in [0.5, 0.6) is 5.75 Å². The predicted molar refractivity (Wildman–Crippen MR) is 96.0 cm³/mol. The topological polar surface area (TPSA) is 85.9 Å². The Morgan fingerprint density at radius 3 is 2.76 bits per heavy atom. The van der Waals surface area contributed by atoms with Crippen molar-refractivity contribution in [3.63, 3.8) is 0 Å². The van der Waals surface area contributed by atoms with Crippen LogP contribution in [0.15, 0.2) is 48.0 Å². The maximum atomic E-state index is 12.4. The van der Waals surface area contributed by atoms with Crippen molar-refractivity contribution in [1.29, 1.82) is 10.5 Å². The van der Waals surface area contributed by atoms with E-state index in [4.69, 9.17) is 21.6 Å². The molecule has 0 aliphatic rings. The fraction of sp³-hybridized carbons (Fsp3) is 0.105. The van der Waals surface area contributed by atoms with Crippen LogP contribution in [0.3, 0.4) is 0 Å². The smallest absolute Gasteiger partial charge is 0.266 e. The number of benzene rings is 2. The number of para-hydroxylation sites is 1. The van der Waals surface area contributed by atoms with Crippen molar-refractivity contribution in [2.24, 2.45) is 0 Å². The maximum Gasteiger partial charge on any atom is 0.266 e. The van der Waals surface area contributed by atoms with Crippen molar-refractivity contribution in [1.82, 2.24) is 0 Å². The molecule has 0 fully saturated rings. The molecule has 1 N–H and O–H groups in total. The van der Waals surface area contributed by atoms with Gasteiger partial charge in [-0.25, -0.2) is 0 Å². The molecule has 0 saturated heterocycles. The zero-order valence-electron chi connectivity index (χ0n) is 13.4. The number of nitrogens with one attached hydrogen (secondary N) is 1. The standard InChI is InChI=1S/C19H14ClN3O2/c1-13-6-7-16(20)11-17(13)23-19(24)15(12-22)10-14-4-2-3-5-18(14)25-9-8-21/h2-7,10-11H,9H2,1H3,(H,23,24)/b15-10+. The summed E-state index contributed by atoms with van der Waals surface area (Å²) in [5.74, 6) is -0.133. The summed E-state index contributed by atoms with van der Waals surface area (Å²) in [6, 6.07) is 15.7. The van der Waals surface area contributed by atoms with Crippen molar-refractivity contribution in [2.75, 3.05) is 11.9 Å². The second kappa shape index (κ2) is 8.54. The van der Waals surface area contributed by atoms with E-state index < -0.39 is 5.91 Å². The van der Waals surface area contributed by atoms with Gasteiger partial charge in [-0.05, 0) is 36.8 Å². The number of carbonyl (C=O) groups excluding carboxylic acids is 1. The fourth-order valence-corrected chi connectivity index (χ4v) is 2.24. The maximum absolute atomic E-state index is 12.4. The van der Waals surface area contributed by atoms with Crippen LogP contribution in [0.1, 0.15) is 11.1 Å². The van der Waals surface area contributed by atoms with Gasteiger partial charge < -0.3 is 10.1 Å². The largest absolute Gasteiger partial charge is 0.478 e. The van der Waals surface area contributed by atoms with Crippen LogP contribution >= 0.6 is 11.6 Å². The molecule has 1 amide bonds. The molecule has 0 aromatic heterocycles. The van der Waals surface area contributed by atoms with Crippen molar-refractivity contribution >= 4 is 29.3 Å². The van der Waals surface area contributed by atoms with Crippen LogP contribution in [-0.4, -0.2) is 12.5 Å². The summed E-state index contributed by atoms with van der Waals surface area (Å²) in [6.45, 7) is 1.70. The normalized spacial score (nSPS) is 10.5. The molecule has 0 bridgehead atoms. The van der Waals surface area contributed by atoms with E-state index >= 15 is 0 Å². The molecule has 0 aliphatic heterocycles. The van der Waals surface area contributed by atoms with E-state index in [1.807, 2.05) is 19.1 Å². The van der Waals surface area contributed by atoms with Gasteiger partial charge in [0.05, 0.1) is 0 Å². The molecule has 2 aromatic rings. The number of anilines is 1. The van der Waals surface area contributed by atoms with Crippen molar-refractivity contribution in [2.45, 2.75) is 6.92 Å². The van der Waals surface area contributed by atoms with E-state index in [1.165, 1.54) is 6.08 Å². The highest BCUT2D eigenvalue weighted by Crippen LogP contribution is 2.23. The van der Waals surface area contributed by atoms with Crippen molar-refractivity contribution in [3.05, 3.63) is 64.2 Å². The fourth-order valence-electron chi connectivity index (χ4n) is 2.06. The molecular weight excluding hydrogens is 338 g/mol. The number of nitrogens with zero attached hydrogens (tertiary/aromatic N) is 2. The Morgan fingerprint density at radius 2 is 2.04 bits per heavy atom. The molecule has 0 aliphatic carbocycles. The molecule has 0 unspecified atom stereocenters. The molecule has 5 nitrogen and oxygen atoms in total. The third kappa shape index (κ3) is 4.84. The van der Waals surface area contributed by atoms with E-state index in [0.717, 1.165) is 5.56 Å². The number of nitriles is 2. The Bertz CT molecular complexity index is 908. The van der Waals surface area contributed by atoms with Gasteiger partial charge in [0.15, 0.2) is 6.61 Å². The Morgan fingerprint density at radius 1 is 1.28 bits per heavy atom. The van der Waals surface area contributed by atoms with E-state index in [0.29, 0.717) is 22.0 Å². The van der Waals surface area contributed by atoms with Gasteiger partial charge in [-0.3, -0.25) is 4.79 Å². The third-order valence-electron chi connectivity index (χ3n) is 3.32. The molecule has 0 heterocycles. The minimum atomic E-state index is -0.553. The lowest BCUT2D eigenvalue weighted by molar-refractivity contribution is -0.112. The molecule has 2 aromatic carbocycles. The molecule has 6 heteroatoms. The zero-order valence-corrected chi connectivity index (χ0v) is 14.2. The molecule has 25 heavy (non-hydrogen) atoms. The van der Waals surface area contributed by atoms with Crippen LogP contribution in [0.2, 0.25) is 5.02 Å². The lowest BCUT2D eigenvalue weighted by atomic mass is 10.1. The van der Waals surface area contributed by atoms with Crippen molar-refractivity contribution < 1.29 is 9.53 Å². The monoisotopic (exact) mass is 351 g/mol. The summed E-state index contributed by atoms with van der Waals surface area (Å²) < 4.78 is 5.30. The van der Waals surface area contributed by atoms with Gasteiger partial charge in [0.2, 0.25) is 0 Å². The summed E-state index contributed by atoms with van der Waals surface area (Å²) in [5.41, 5.74) is 1.81. The number of rotatable bonds is 5. The first-order valence-electron chi connectivity index (χ1n) is 7.33. The number of amides is 1. The van der Waals surface area contributed by atoms with Gasteiger partial charge in [0, 0.05) is 16.3 Å². The number of halogens is 1. The summed E-state index contributed by atoms with van der Waals surface area (Å²) in [4.78, 5) is 12.4. The SMILES string of the molecule is Cc1ccc(Cl)cc1NC(=O)/C(C#N)=C/c1ccccc1OCC#N.